The number of carbonyl (C=O) groups is 2. The van der Waals surface area contributed by atoms with E-state index >= 15 is 0 Å². The Kier molecular flexibility index (Phi) is 39.5. The largest absolute Gasteiger partial charge is 0.472 e. The number of allylic oxidation sites excluding steroid dienone is 19. The normalized spacial score (nSPS) is 15.5. The Hall–Kier alpha value is -3.67. The van der Waals surface area contributed by atoms with Crippen LogP contribution in [-0.2, 0) is 32.7 Å². The van der Waals surface area contributed by atoms with E-state index in [-0.39, 0.29) is 19.4 Å². The predicted molar refractivity (Wildman–Crippen MR) is 243 cm³/mol. The third-order valence-corrected chi connectivity index (χ3v) is 9.22. The van der Waals surface area contributed by atoms with Gasteiger partial charge in [-0.25, -0.2) is 4.57 Å². The molecule has 0 aliphatic carbocycles. The summed E-state index contributed by atoms with van der Waals surface area (Å²) in [5.41, 5.74) is 0. The highest BCUT2D eigenvalue weighted by atomic mass is 31.2. The lowest BCUT2D eigenvalue weighted by molar-refractivity contribution is -0.161. The van der Waals surface area contributed by atoms with Gasteiger partial charge >= 0.3 is 19.8 Å². The van der Waals surface area contributed by atoms with Crippen molar-refractivity contribution in [2.75, 3.05) is 26.4 Å². The molecule has 0 spiro atoms. The van der Waals surface area contributed by atoms with Crippen LogP contribution in [0.2, 0.25) is 0 Å². The molecule has 0 saturated heterocycles. The van der Waals surface area contributed by atoms with Crippen LogP contribution >= 0.6 is 7.82 Å². The molecule has 0 radical (unpaired) electrons. The molecule has 60 heavy (non-hydrogen) atoms. The molecule has 0 saturated carbocycles. The van der Waals surface area contributed by atoms with Crippen molar-refractivity contribution in [3.63, 3.8) is 0 Å². The van der Waals surface area contributed by atoms with Gasteiger partial charge < -0.3 is 29.7 Å². The van der Waals surface area contributed by atoms with E-state index in [0.29, 0.717) is 25.7 Å². The summed E-state index contributed by atoms with van der Waals surface area (Å²) in [5.74, 6) is -1.07. The number of hydrogen-bond donors (Lipinski definition) is 4. The molecule has 12 heteroatoms. The third kappa shape index (κ3) is 41.1. The van der Waals surface area contributed by atoms with E-state index in [1.165, 1.54) is 0 Å². The van der Waals surface area contributed by atoms with Crippen molar-refractivity contribution in [3.8, 4) is 0 Å². The zero-order chi connectivity index (χ0) is 44.2. The number of aliphatic hydroxyl groups excluding tert-OH is 3. The Bertz CT molecular complexity index is 1420. The Morgan fingerprint density at radius 3 is 1.58 bits per heavy atom. The Labute approximate surface area is 360 Å². The first-order valence-electron chi connectivity index (χ1n) is 21.6. The molecule has 0 aliphatic rings. The fraction of sp³-hybridized carbons (Fsp3) is 0.542. The van der Waals surface area contributed by atoms with Gasteiger partial charge in [-0.3, -0.25) is 18.6 Å². The predicted octanol–water partition coefficient (Wildman–Crippen LogP) is 10.5. The monoisotopic (exact) mass is 859 g/mol. The van der Waals surface area contributed by atoms with Crippen molar-refractivity contribution in [2.45, 2.75) is 141 Å². The minimum atomic E-state index is -4.66. The number of aliphatic hydroxyl groups is 3. The first-order chi connectivity index (χ1) is 29.1. The number of rotatable bonds is 38. The van der Waals surface area contributed by atoms with Gasteiger partial charge in [-0.1, -0.05) is 142 Å². The van der Waals surface area contributed by atoms with Gasteiger partial charge in [-0.05, 0) is 89.9 Å². The molecule has 0 aromatic rings. The van der Waals surface area contributed by atoms with Crippen molar-refractivity contribution < 1.29 is 52.9 Å². The highest BCUT2D eigenvalue weighted by molar-refractivity contribution is 7.47. The zero-order valence-corrected chi connectivity index (χ0v) is 37.1. The van der Waals surface area contributed by atoms with Gasteiger partial charge in [-0.15, -0.1) is 0 Å². The summed E-state index contributed by atoms with van der Waals surface area (Å²) in [6.07, 6.45) is 51.2. The average molecular weight is 859 g/mol. The second kappa shape index (κ2) is 42.0. The average Bonchev–Trinajstić information content (AvgIpc) is 3.24. The van der Waals surface area contributed by atoms with E-state index < -0.39 is 57.9 Å². The summed E-state index contributed by atoms with van der Waals surface area (Å²) >= 11 is 0. The van der Waals surface area contributed by atoms with E-state index in [9.17, 15) is 29.3 Å². The van der Waals surface area contributed by atoms with E-state index in [0.717, 1.165) is 70.6 Å². The molecule has 11 nitrogen and oxygen atoms in total. The minimum Gasteiger partial charge on any atom is -0.462 e. The SMILES string of the molecule is CC/C=C\C/C=C\C/C=C\C/C=C\C/C=C\CCCCCC(=O)O[C@H](COC(=O)CCC/C=C\C/C=C\C/C=C\C/C=C\C=C\[C@@H](O)CC)COP(=O)(O)OC[C@@H](O)CO. The van der Waals surface area contributed by atoms with Gasteiger partial charge in [0, 0.05) is 12.8 Å². The molecule has 0 bridgehead atoms. The number of esters is 2. The Morgan fingerprint density at radius 2 is 1.05 bits per heavy atom. The number of phosphoric acid groups is 1. The molecular formula is C48H75O11P. The van der Waals surface area contributed by atoms with Gasteiger partial charge in [0.05, 0.1) is 25.9 Å². The Balaban J connectivity index is 4.51. The lowest BCUT2D eigenvalue weighted by Gasteiger charge is -2.20. The lowest BCUT2D eigenvalue weighted by atomic mass is 10.1. The molecule has 0 aromatic carbocycles. The molecule has 0 heterocycles. The smallest absolute Gasteiger partial charge is 0.462 e. The van der Waals surface area contributed by atoms with Gasteiger partial charge in [0.2, 0.25) is 0 Å². The molecular weight excluding hydrogens is 783 g/mol. The van der Waals surface area contributed by atoms with Crippen LogP contribution in [0.15, 0.2) is 122 Å². The zero-order valence-electron chi connectivity index (χ0n) is 36.2. The second-order valence-corrected chi connectivity index (χ2v) is 15.3. The van der Waals surface area contributed by atoms with Crippen molar-refractivity contribution >= 4 is 19.8 Å². The van der Waals surface area contributed by atoms with E-state index in [2.05, 4.69) is 96.5 Å². The molecule has 338 valence electrons. The van der Waals surface area contributed by atoms with Crippen LogP contribution in [0.25, 0.3) is 0 Å². The standard InChI is InChI=1S/C48H75O11P/c1-3-5-6-7-8-9-10-11-12-13-14-15-16-21-24-27-30-33-36-39-48(53)59-46(43-58-60(54,55)57-41-45(51)40-49)42-56-47(52)38-35-32-29-26-23-20-18-17-19-22-25-28-31-34-37-44(50)4-2/h5-6,8-9,11-12,14-15,18-22,24,26,28-29,31,34,37,44-46,49-51H,3-4,7,10,13,16-17,23,25,27,30,32-33,35-36,38-43H2,1-2H3,(H,54,55)/b6-5-,9-8-,12-11-,15-14-,20-18-,22-19-,24-21-,29-26-,31-28-,37-34+/t44-,45-,46+/m0/s1. The highest BCUT2D eigenvalue weighted by Gasteiger charge is 2.27. The van der Waals surface area contributed by atoms with E-state index in [4.69, 9.17) is 19.1 Å². The van der Waals surface area contributed by atoms with Crippen molar-refractivity contribution in [1.82, 2.24) is 0 Å². The quantitative estimate of drug-likeness (QED) is 0.0153. The fourth-order valence-electron chi connectivity index (χ4n) is 4.83. The van der Waals surface area contributed by atoms with Crippen molar-refractivity contribution in [3.05, 3.63) is 122 Å². The number of phosphoric ester groups is 1. The summed E-state index contributed by atoms with van der Waals surface area (Å²) in [6.45, 7) is 1.78. The minimum absolute atomic E-state index is 0.117. The third-order valence-electron chi connectivity index (χ3n) is 8.27. The van der Waals surface area contributed by atoms with Crippen LogP contribution in [0, 0.1) is 0 Å². The Morgan fingerprint density at radius 1 is 0.567 bits per heavy atom. The number of unbranched alkanes of at least 4 members (excludes halogenated alkanes) is 4. The fourth-order valence-corrected chi connectivity index (χ4v) is 5.62. The van der Waals surface area contributed by atoms with Crippen LogP contribution in [0.5, 0.6) is 0 Å². The van der Waals surface area contributed by atoms with Gasteiger partial charge in [-0.2, -0.15) is 0 Å². The molecule has 1 unspecified atom stereocenters. The molecule has 0 aliphatic heterocycles. The number of hydrogen-bond acceptors (Lipinski definition) is 10. The molecule has 0 rings (SSSR count). The van der Waals surface area contributed by atoms with E-state index in [1.54, 1.807) is 6.08 Å². The van der Waals surface area contributed by atoms with Crippen LogP contribution in [0.4, 0.5) is 0 Å². The molecule has 4 N–H and O–H groups in total. The van der Waals surface area contributed by atoms with Gasteiger partial charge in [0.1, 0.15) is 12.7 Å². The maximum Gasteiger partial charge on any atom is 0.472 e. The maximum absolute atomic E-state index is 12.6. The van der Waals surface area contributed by atoms with Crippen molar-refractivity contribution in [1.29, 1.82) is 0 Å². The van der Waals surface area contributed by atoms with Gasteiger partial charge in [0.25, 0.3) is 0 Å². The van der Waals surface area contributed by atoms with Crippen LogP contribution in [0.1, 0.15) is 123 Å². The number of ether oxygens (including phenoxy) is 2. The summed E-state index contributed by atoms with van der Waals surface area (Å²) < 4.78 is 32.6. The van der Waals surface area contributed by atoms with Crippen molar-refractivity contribution in [2.24, 2.45) is 0 Å². The summed E-state index contributed by atoms with van der Waals surface area (Å²) in [5, 5.41) is 27.8. The van der Waals surface area contributed by atoms with Crippen LogP contribution in [-0.4, -0.2) is 76.9 Å². The number of carbonyl (C=O) groups excluding carboxylic acids is 2. The second-order valence-electron chi connectivity index (χ2n) is 13.8. The molecule has 0 aromatic heterocycles. The molecule has 4 atom stereocenters. The first kappa shape index (κ1) is 56.3. The highest BCUT2D eigenvalue weighted by Crippen LogP contribution is 2.43. The van der Waals surface area contributed by atoms with Gasteiger partial charge in [0.15, 0.2) is 6.10 Å². The summed E-state index contributed by atoms with van der Waals surface area (Å²) in [4.78, 5) is 35.0. The topological polar surface area (TPSA) is 169 Å². The molecule has 0 amide bonds. The van der Waals surface area contributed by atoms with E-state index in [1.807, 2.05) is 37.3 Å². The summed E-state index contributed by atoms with van der Waals surface area (Å²) in [7, 11) is -4.66. The van der Waals surface area contributed by atoms with Crippen LogP contribution in [0.3, 0.4) is 0 Å². The van der Waals surface area contributed by atoms with Crippen LogP contribution < -0.4 is 0 Å². The first-order valence-corrected chi connectivity index (χ1v) is 23.1. The molecule has 0 fully saturated rings. The lowest BCUT2D eigenvalue weighted by Crippen LogP contribution is -2.29. The summed E-state index contributed by atoms with van der Waals surface area (Å²) in [6, 6.07) is 0. The maximum atomic E-state index is 12.6.